The standard InChI is InChI=1S/C16H19N3O/c1-3-6-11-7-5-8-12-13(17)10-14(19-15(11)12)16(20)18-9-4-2/h4-5,7-8,10H,2-3,6,9H2,1H3,(H2,17,19)(H,18,20). The Morgan fingerprint density at radius 3 is 3.00 bits per heavy atom. The average Bonchev–Trinajstić information content (AvgIpc) is 2.45. The van der Waals surface area contributed by atoms with Gasteiger partial charge in [-0.3, -0.25) is 4.79 Å². The van der Waals surface area contributed by atoms with Gasteiger partial charge in [-0.2, -0.15) is 0 Å². The lowest BCUT2D eigenvalue weighted by Gasteiger charge is -2.09. The number of pyridine rings is 1. The van der Waals surface area contributed by atoms with Crippen LogP contribution in [-0.4, -0.2) is 17.4 Å². The number of amides is 1. The molecular weight excluding hydrogens is 250 g/mol. The minimum atomic E-state index is -0.232. The minimum Gasteiger partial charge on any atom is -0.398 e. The highest BCUT2D eigenvalue weighted by molar-refractivity contribution is 6.00. The average molecular weight is 269 g/mol. The van der Waals surface area contributed by atoms with Crippen LogP contribution in [0.25, 0.3) is 10.9 Å². The van der Waals surface area contributed by atoms with E-state index in [0.29, 0.717) is 17.9 Å². The van der Waals surface area contributed by atoms with Gasteiger partial charge in [-0.25, -0.2) is 4.98 Å². The van der Waals surface area contributed by atoms with E-state index >= 15 is 0 Å². The van der Waals surface area contributed by atoms with Gasteiger partial charge in [-0.1, -0.05) is 37.6 Å². The zero-order valence-electron chi connectivity index (χ0n) is 11.6. The van der Waals surface area contributed by atoms with Crippen LogP contribution in [0.3, 0.4) is 0 Å². The van der Waals surface area contributed by atoms with E-state index in [4.69, 9.17) is 5.73 Å². The van der Waals surface area contributed by atoms with Crippen molar-refractivity contribution in [3.05, 3.63) is 48.2 Å². The number of aromatic nitrogens is 1. The summed E-state index contributed by atoms with van der Waals surface area (Å²) in [5, 5.41) is 3.62. The number of nitrogens with zero attached hydrogens (tertiary/aromatic N) is 1. The molecular formula is C16H19N3O. The number of nitrogens with two attached hydrogens (primary N) is 1. The SMILES string of the molecule is C=CCNC(=O)c1cc(N)c2cccc(CCC)c2n1. The number of carbonyl (C=O) groups is 1. The van der Waals surface area contributed by atoms with Gasteiger partial charge >= 0.3 is 0 Å². The molecule has 0 fully saturated rings. The molecule has 0 aliphatic carbocycles. The summed E-state index contributed by atoms with van der Waals surface area (Å²) in [6.07, 6.45) is 3.57. The summed E-state index contributed by atoms with van der Waals surface area (Å²) in [5.41, 5.74) is 8.91. The highest BCUT2D eigenvalue weighted by Gasteiger charge is 2.12. The van der Waals surface area contributed by atoms with Crippen LogP contribution in [0.2, 0.25) is 0 Å². The third-order valence-corrected chi connectivity index (χ3v) is 3.11. The van der Waals surface area contributed by atoms with Crippen molar-refractivity contribution in [2.24, 2.45) is 0 Å². The molecule has 0 unspecified atom stereocenters. The van der Waals surface area contributed by atoms with Crippen molar-refractivity contribution in [1.82, 2.24) is 10.3 Å². The first-order valence-corrected chi connectivity index (χ1v) is 6.74. The monoisotopic (exact) mass is 269 g/mol. The van der Waals surface area contributed by atoms with E-state index < -0.39 is 0 Å². The molecule has 4 heteroatoms. The van der Waals surface area contributed by atoms with E-state index in [-0.39, 0.29) is 5.91 Å². The fourth-order valence-corrected chi connectivity index (χ4v) is 2.18. The smallest absolute Gasteiger partial charge is 0.270 e. The number of nitrogens with one attached hydrogen (secondary N) is 1. The first kappa shape index (κ1) is 14.1. The predicted molar refractivity (Wildman–Crippen MR) is 82.7 cm³/mol. The maximum atomic E-state index is 12.0. The Balaban J connectivity index is 2.51. The number of nitrogen functional groups attached to an aromatic ring is 1. The molecule has 20 heavy (non-hydrogen) atoms. The molecule has 0 aliphatic heterocycles. The van der Waals surface area contributed by atoms with Gasteiger partial charge in [0.25, 0.3) is 5.91 Å². The number of benzene rings is 1. The summed E-state index contributed by atoms with van der Waals surface area (Å²) < 4.78 is 0. The molecule has 3 N–H and O–H groups in total. The number of carbonyl (C=O) groups excluding carboxylic acids is 1. The predicted octanol–water partition coefficient (Wildman–Crippen LogP) is 2.69. The Morgan fingerprint density at radius 2 is 2.30 bits per heavy atom. The van der Waals surface area contributed by atoms with E-state index in [1.54, 1.807) is 12.1 Å². The molecule has 0 aliphatic rings. The number of hydrogen-bond donors (Lipinski definition) is 2. The Kier molecular flexibility index (Phi) is 4.35. The van der Waals surface area contributed by atoms with Crippen LogP contribution in [0, 0.1) is 0 Å². The number of rotatable bonds is 5. The summed E-state index contributed by atoms with van der Waals surface area (Å²) in [6, 6.07) is 7.56. The van der Waals surface area contributed by atoms with Crippen LogP contribution in [0.4, 0.5) is 5.69 Å². The van der Waals surface area contributed by atoms with E-state index in [1.165, 1.54) is 0 Å². The normalized spacial score (nSPS) is 10.4. The Bertz CT molecular complexity index is 649. The van der Waals surface area contributed by atoms with E-state index in [9.17, 15) is 4.79 Å². The maximum absolute atomic E-state index is 12.0. The van der Waals surface area contributed by atoms with Gasteiger partial charge in [-0.15, -0.1) is 6.58 Å². The molecule has 2 aromatic rings. The molecule has 104 valence electrons. The molecule has 0 atom stereocenters. The van der Waals surface area contributed by atoms with Crippen molar-refractivity contribution >= 4 is 22.5 Å². The molecule has 1 heterocycles. The lowest BCUT2D eigenvalue weighted by molar-refractivity contribution is 0.0953. The molecule has 1 aromatic carbocycles. The minimum absolute atomic E-state index is 0.232. The fourth-order valence-electron chi connectivity index (χ4n) is 2.18. The maximum Gasteiger partial charge on any atom is 0.270 e. The topological polar surface area (TPSA) is 68.0 Å². The molecule has 0 radical (unpaired) electrons. The van der Waals surface area contributed by atoms with Crippen molar-refractivity contribution in [3.63, 3.8) is 0 Å². The lowest BCUT2D eigenvalue weighted by Crippen LogP contribution is -2.24. The van der Waals surface area contributed by atoms with Crippen molar-refractivity contribution in [3.8, 4) is 0 Å². The Morgan fingerprint density at radius 1 is 1.50 bits per heavy atom. The van der Waals surface area contributed by atoms with Gasteiger partial charge in [0, 0.05) is 17.6 Å². The van der Waals surface area contributed by atoms with Crippen molar-refractivity contribution in [2.75, 3.05) is 12.3 Å². The van der Waals surface area contributed by atoms with E-state index in [2.05, 4.69) is 23.8 Å². The highest BCUT2D eigenvalue weighted by Crippen LogP contribution is 2.24. The first-order valence-electron chi connectivity index (χ1n) is 6.74. The fraction of sp³-hybridized carbons (Fsp3) is 0.250. The second-order valence-corrected chi connectivity index (χ2v) is 4.66. The van der Waals surface area contributed by atoms with Gasteiger partial charge < -0.3 is 11.1 Å². The summed E-state index contributed by atoms with van der Waals surface area (Å²) in [6.45, 7) is 6.10. The van der Waals surface area contributed by atoms with E-state index in [1.807, 2.05) is 18.2 Å². The summed E-state index contributed by atoms with van der Waals surface area (Å²) in [4.78, 5) is 16.5. The molecule has 2 rings (SSSR count). The van der Waals surface area contributed by atoms with Gasteiger partial charge in [-0.05, 0) is 18.1 Å². The van der Waals surface area contributed by atoms with Crippen LogP contribution in [0.1, 0.15) is 29.4 Å². The quantitative estimate of drug-likeness (QED) is 0.820. The first-order chi connectivity index (χ1) is 9.67. The van der Waals surface area contributed by atoms with Crippen molar-refractivity contribution in [1.29, 1.82) is 0 Å². The number of para-hydroxylation sites is 1. The number of fused-ring (bicyclic) bond motifs is 1. The van der Waals surface area contributed by atoms with Gasteiger partial charge in [0.1, 0.15) is 5.69 Å². The van der Waals surface area contributed by atoms with Gasteiger partial charge in [0.15, 0.2) is 0 Å². The van der Waals surface area contributed by atoms with Crippen LogP contribution in [0.15, 0.2) is 36.9 Å². The molecule has 0 spiro atoms. The zero-order chi connectivity index (χ0) is 14.5. The van der Waals surface area contributed by atoms with Crippen LogP contribution >= 0.6 is 0 Å². The molecule has 0 saturated heterocycles. The number of hydrogen-bond acceptors (Lipinski definition) is 3. The Hall–Kier alpha value is -2.36. The highest BCUT2D eigenvalue weighted by atomic mass is 16.1. The van der Waals surface area contributed by atoms with Gasteiger partial charge in [0.05, 0.1) is 5.52 Å². The van der Waals surface area contributed by atoms with E-state index in [0.717, 1.165) is 29.3 Å². The Labute approximate surface area is 118 Å². The van der Waals surface area contributed by atoms with Crippen molar-refractivity contribution < 1.29 is 4.79 Å². The lowest BCUT2D eigenvalue weighted by atomic mass is 10.0. The summed E-state index contributed by atoms with van der Waals surface area (Å²) >= 11 is 0. The zero-order valence-corrected chi connectivity index (χ0v) is 11.6. The number of anilines is 1. The van der Waals surface area contributed by atoms with Crippen LogP contribution < -0.4 is 11.1 Å². The molecule has 1 aromatic heterocycles. The van der Waals surface area contributed by atoms with Crippen LogP contribution in [-0.2, 0) is 6.42 Å². The molecule has 1 amide bonds. The molecule has 4 nitrogen and oxygen atoms in total. The second-order valence-electron chi connectivity index (χ2n) is 4.66. The third-order valence-electron chi connectivity index (χ3n) is 3.11. The second kappa shape index (κ2) is 6.19. The molecule has 0 bridgehead atoms. The third kappa shape index (κ3) is 2.79. The summed E-state index contributed by atoms with van der Waals surface area (Å²) in [7, 11) is 0. The van der Waals surface area contributed by atoms with Gasteiger partial charge in [0.2, 0.25) is 0 Å². The summed E-state index contributed by atoms with van der Waals surface area (Å²) in [5.74, 6) is -0.232. The molecule has 0 saturated carbocycles. The largest absolute Gasteiger partial charge is 0.398 e. The van der Waals surface area contributed by atoms with Crippen molar-refractivity contribution in [2.45, 2.75) is 19.8 Å². The number of aryl methyl sites for hydroxylation is 1. The van der Waals surface area contributed by atoms with Crippen LogP contribution in [0.5, 0.6) is 0 Å².